The molecule has 6 heteroatoms. The monoisotopic (exact) mass is 291 g/mol. The zero-order valence-corrected chi connectivity index (χ0v) is 12.6. The van der Waals surface area contributed by atoms with Gasteiger partial charge in [-0.05, 0) is 26.0 Å². The van der Waals surface area contributed by atoms with Crippen LogP contribution in [0, 0.1) is 6.92 Å². The van der Waals surface area contributed by atoms with E-state index in [0.717, 1.165) is 16.5 Å². The van der Waals surface area contributed by atoms with Gasteiger partial charge in [-0.2, -0.15) is 0 Å². The summed E-state index contributed by atoms with van der Waals surface area (Å²) in [7, 11) is 1.93. The second-order valence-electron chi connectivity index (χ2n) is 4.36. The molecule has 0 saturated heterocycles. The molecule has 2 heterocycles. The molecule has 0 aliphatic carbocycles. The van der Waals surface area contributed by atoms with Crippen LogP contribution in [0.1, 0.15) is 28.8 Å². The molecule has 0 spiro atoms. The van der Waals surface area contributed by atoms with E-state index in [1.54, 1.807) is 12.3 Å². The van der Waals surface area contributed by atoms with E-state index in [9.17, 15) is 4.79 Å². The molecule has 0 saturated carbocycles. The molecule has 0 amide bonds. The molecule has 5 nitrogen and oxygen atoms in total. The highest BCUT2D eigenvalue weighted by Crippen LogP contribution is 2.21. The highest BCUT2D eigenvalue weighted by molar-refractivity contribution is 7.13. The first-order chi connectivity index (χ1) is 9.60. The molecule has 2 aromatic heterocycles. The number of ether oxygens (including phenoxy) is 1. The minimum absolute atomic E-state index is 0.356. The predicted octanol–water partition coefficient (Wildman–Crippen LogP) is 2.66. The maximum atomic E-state index is 11.6. The van der Waals surface area contributed by atoms with Gasteiger partial charge in [-0.25, -0.2) is 9.78 Å². The van der Waals surface area contributed by atoms with Crippen molar-refractivity contribution < 1.29 is 9.53 Å². The number of hydrogen-bond acceptors (Lipinski definition) is 6. The summed E-state index contributed by atoms with van der Waals surface area (Å²) in [5.74, 6) is -0.378. The van der Waals surface area contributed by atoms with Crippen molar-refractivity contribution in [1.29, 1.82) is 0 Å². The van der Waals surface area contributed by atoms with Crippen LogP contribution in [-0.4, -0.2) is 29.6 Å². The number of thiazole rings is 1. The second kappa shape index (κ2) is 6.47. The smallest absolute Gasteiger partial charge is 0.357 e. The van der Waals surface area contributed by atoms with E-state index < -0.39 is 0 Å². The van der Waals surface area contributed by atoms with Crippen LogP contribution in [-0.2, 0) is 11.3 Å². The van der Waals surface area contributed by atoms with Crippen molar-refractivity contribution in [2.75, 3.05) is 18.6 Å². The number of carbonyl (C=O) groups excluding carboxylic acids is 1. The summed E-state index contributed by atoms with van der Waals surface area (Å²) in [5.41, 5.74) is 2.32. The first kappa shape index (κ1) is 14.5. The summed E-state index contributed by atoms with van der Waals surface area (Å²) in [6.07, 6.45) is 0. The second-order valence-corrected chi connectivity index (χ2v) is 5.20. The Kier molecular flexibility index (Phi) is 4.68. The fourth-order valence-electron chi connectivity index (χ4n) is 1.74. The number of anilines is 1. The number of rotatable bonds is 5. The molecular formula is C14H17N3O2S. The molecule has 0 aliphatic heterocycles. The van der Waals surface area contributed by atoms with Gasteiger partial charge < -0.3 is 9.64 Å². The largest absolute Gasteiger partial charge is 0.461 e. The van der Waals surface area contributed by atoms with E-state index in [0.29, 0.717) is 18.8 Å². The number of hydrogen-bond donors (Lipinski definition) is 0. The fourth-order valence-corrected chi connectivity index (χ4v) is 2.50. The van der Waals surface area contributed by atoms with Crippen molar-refractivity contribution in [3.8, 4) is 0 Å². The molecule has 2 aromatic rings. The zero-order valence-electron chi connectivity index (χ0n) is 11.8. The highest BCUT2D eigenvalue weighted by atomic mass is 32.1. The third-order valence-electron chi connectivity index (χ3n) is 2.65. The van der Waals surface area contributed by atoms with Gasteiger partial charge in [-0.3, -0.25) is 4.98 Å². The maximum absolute atomic E-state index is 11.6. The van der Waals surface area contributed by atoms with Crippen molar-refractivity contribution in [3.05, 3.63) is 40.7 Å². The molecule has 0 radical (unpaired) electrons. The van der Waals surface area contributed by atoms with Gasteiger partial charge in [-0.1, -0.05) is 6.07 Å². The molecule has 0 aliphatic rings. The van der Waals surface area contributed by atoms with E-state index in [4.69, 9.17) is 4.74 Å². The molecular weight excluding hydrogens is 274 g/mol. The Labute approximate surface area is 122 Å². The van der Waals surface area contributed by atoms with Crippen molar-refractivity contribution in [3.63, 3.8) is 0 Å². The SMILES string of the molecule is CCOC(=O)c1csc(N(C)Cc2cccc(C)n2)n1. The van der Waals surface area contributed by atoms with Crippen LogP contribution >= 0.6 is 11.3 Å². The third-order valence-corrected chi connectivity index (χ3v) is 3.60. The number of aromatic nitrogens is 2. The van der Waals surface area contributed by atoms with E-state index in [1.165, 1.54) is 11.3 Å². The van der Waals surface area contributed by atoms with E-state index in [-0.39, 0.29) is 5.97 Å². The Balaban J connectivity index is 2.06. The van der Waals surface area contributed by atoms with Crippen LogP contribution in [0.4, 0.5) is 5.13 Å². The van der Waals surface area contributed by atoms with Crippen LogP contribution < -0.4 is 4.90 Å². The quantitative estimate of drug-likeness (QED) is 0.793. The minimum Gasteiger partial charge on any atom is -0.461 e. The van der Waals surface area contributed by atoms with Gasteiger partial charge in [-0.15, -0.1) is 11.3 Å². The van der Waals surface area contributed by atoms with Gasteiger partial charge in [0.1, 0.15) is 0 Å². The molecule has 0 atom stereocenters. The number of esters is 1. The number of nitrogens with zero attached hydrogens (tertiary/aromatic N) is 3. The average molecular weight is 291 g/mol. The molecule has 0 aromatic carbocycles. The topological polar surface area (TPSA) is 55.3 Å². The summed E-state index contributed by atoms with van der Waals surface area (Å²) in [5, 5.41) is 2.49. The first-order valence-electron chi connectivity index (χ1n) is 6.36. The van der Waals surface area contributed by atoms with Gasteiger partial charge in [0.05, 0.1) is 18.8 Å². The number of carbonyl (C=O) groups is 1. The van der Waals surface area contributed by atoms with Crippen LogP contribution in [0.2, 0.25) is 0 Å². The summed E-state index contributed by atoms with van der Waals surface area (Å²) in [6, 6.07) is 5.92. The molecule has 2 rings (SSSR count). The van der Waals surface area contributed by atoms with Crippen molar-refractivity contribution in [2.45, 2.75) is 20.4 Å². The van der Waals surface area contributed by atoms with Gasteiger partial charge in [0.25, 0.3) is 0 Å². The lowest BCUT2D eigenvalue weighted by Crippen LogP contribution is -2.17. The van der Waals surface area contributed by atoms with Crippen molar-refractivity contribution >= 4 is 22.4 Å². The zero-order chi connectivity index (χ0) is 14.5. The van der Waals surface area contributed by atoms with Crippen LogP contribution in [0.15, 0.2) is 23.6 Å². The first-order valence-corrected chi connectivity index (χ1v) is 7.24. The van der Waals surface area contributed by atoms with Crippen LogP contribution in [0.3, 0.4) is 0 Å². The Morgan fingerprint density at radius 2 is 2.20 bits per heavy atom. The number of aryl methyl sites for hydroxylation is 1. The molecule has 0 fully saturated rings. The number of pyridine rings is 1. The lowest BCUT2D eigenvalue weighted by molar-refractivity contribution is 0.0520. The Hall–Kier alpha value is -1.95. The summed E-state index contributed by atoms with van der Waals surface area (Å²) in [6.45, 7) is 4.75. The third kappa shape index (κ3) is 3.54. The van der Waals surface area contributed by atoms with Gasteiger partial charge in [0.2, 0.25) is 0 Å². The van der Waals surface area contributed by atoms with Gasteiger partial charge in [0.15, 0.2) is 10.8 Å². The summed E-state index contributed by atoms with van der Waals surface area (Å²) in [4.78, 5) is 22.3. The molecule has 106 valence electrons. The lowest BCUT2D eigenvalue weighted by Gasteiger charge is -2.15. The standard InChI is InChI=1S/C14H17N3O2S/c1-4-19-13(18)12-9-20-14(16-12)17(3)8-11-7-5-6-10(2)15-11/h5-7,9H,4,8H2,1-3H3. The maximum Gasteiger partial charge on any atom is 0.357 e. The Bertz CT molecular complexity index is 598. The lowest BCUT2D eigenvalue weighted by atomic mass is 10.3. The van der Waals surface area contributed by atoms with E-state index in [1.807, 2.05) is 37.1 Å². The van der Waals surface area contributed by atoms with Gasteiger partial charge in [0, 0.05) is 18.1 Å². The van der Waals surface area contributed by atoms with Crippen LogP contribution in [0.5, 0.6) is 0 Å². The molecule has 20 heavy (non-hydrogen) atoms. The summed E-state index contributed by atoms with van der Waals surface area (Å²) >= 11 is 1.42. The van der Waals surface area contributed by atoms with E-state index >= 15 is 0 Å². The Morgan fingerprint density at radius 1 is 1.40 bits per heavy atom. The summed E-state index contributed by atoms with van der Waals surface area (Å²) < 4.78 is 4.93. The minimum atomic E-state index is -0.378. The normalized spacial score (nSPS) is 10.3. The fraction of sp³-hybridized carbons (Fsp3) is 0.357. The average Bonchev–Trinajstić information content (AvgIpc) is 2.88. The highest BCUT2D eigenvalue weighted by Gasteiger charge is 2.14. The predicted molar refractivity (Wildman–Crippen MR) is 79.2 cm³/mol. The van der Waals surface area contributed by atoms with Gasteiger partial charge >= 0.3 is 5.97 Å². The molecule has 0 unspecified atom stereocenters. The van der Waals surface area contributed by atoms with Crippen molar-refractivity contribution in [2.24, 2.45) is 0 Å². The van der Waals surface area contributed by atoms with Crippen molar-refractivity contribution in [1.82, 2.24) is 9.97 Å². The van der Waals surface area contributed by atoms with E-state index in [2.05, 4.69) is 9.97 Å². The molecule has 0 N–H and O–H groups in total. The Morgan fingerprint density at radius 3 is 2.90 bits per heavy atom. The molecule has 0 bridgehead atoms. The van der Waals surface area contributed by atoms with Crippen LogP contribution in [0.25, 0.3) is 0 Å².